The highest BCUT2D eigenvalue weighted by Crippen LogP contribution is 2.06. The molecule has 1 rings (SSSR count). The van der Waals surface area contributed by atoms with Crippen molar-refractivity contribution in [3.8, 4) is 0 Å². The van der Waals surface area contributed by atoms with Crippen LogP contribution in [0.3, 0.4) is 0 Å². The van der Waals surface area contributed by atoms with Crippen molar-refractivity contribution in [2.45, 2.75) is 32.8 Å². The van der Waals surface area contributed by atoms with Crippen LogP contribution in [0.15, 0.2) is 24.3 Å². The lowest BCUT2D eigenvalue weighted by molar-refractivity contribution is 0.134. The first-order valence-corrected chi connectivity index (χ1v) is 5.63. The van der Waals surface area contributed by atoms with E-state index in [-0.39, 0.29) is 6.61 Å². The highest BCUT2D eigenvalue weighted by atomic mass is 16.5. The number of hydrogen-bond donors (Lipinski definition) is 1. The molecule has 0 radical (unpaired) electrons. The summed E-state index contributed by atoms with van der Waals surface area (Å²) in [5.41, 5.74) is 2.21. The lowest BCUT2D eigenvalue weighted by atomic mass is 10.1. The van der Waals surface area contributed by atoms with E-state index in [1.807, 2.05) is 18.2 Å². The number of rotatable bonds is 7. The van der Waals surface area contributed by atoms with Crippen LogP contribution in [0.25, 0.3) is 0 Å². The second kappa shape index (κ2) is 7.43. The summed E-state index contributed by atoms with van der Waals surface area (Å²) in [5, 5.41) is 8.97. The molecule has 1 N–H and O–H groups in total. The molecule has 0 heterocycles. The molecular formula is C13H20O2. The summed E-state index contributed by atoms with van der Waals surface area (Å²) in [6, 6.07) is 8.01. The van der Waals surface area contributed by atoms with Crippen LogP contribution in [0.2, 0.25) is 0 Å². The topological polar surface area (TPSA) is 29.5 Å². The van der Waals surface area contributed by atoms with E-state index in [1.54, 1.807) is 0 Å². The van der Waals surface area contributed by atoms with Gasteiger partial charge in [-0.05, 0) is 24.0 Å². The normalized spacial score (nSPS) is 10.5. The maximum absolute atomic E-state index is 8.97. The molecule has 1 aromatic carbocycles. The van der Waals surface area contributed by atoms with E-state index in [1.165, 1.54) is 12.0 Å². The second-order valence-corrected chi connectivity index (χ2v) is 3.69. The van der Waals surface area contributed by atoms with Crippen LogP contribution in [-0.2, 0) is 17.8 Å². The van der Waals surface area contributed by atoms with Gasteiger partial charge in [0.1, 0.15) is 0 Å². The highest BCUT2D eigenvalue weighted by molar-refractivity contribution is 5.22. The number of unbranched alkanes of at least 4 members (excludes halogenated alkanes) is 1. The number of benzene rings is 1. The zero-order valence-corrected chi connectivity index (χ0v) is 9.41. The first kappa shape index (κ1) is 12.2. The maximum Gasteiger partial charge on any atom is 0.0681 e. The van der Waals surface area contributed by atoms with Crippen LogP contribution >= 0.6 is 0 Å². The molecule has 0 aliphatic carbocycles. The monoisotopic (exact) mass is 208 g/mol. The molecule has 0 aliphatic heterocycles. The summed E-state index contributed by atoms with van der Waals surface area (Å²) in [6.07, 6.45) is 3.24. The van der Waals surface area contributed by atoms with Crippen molar-refractivity contribution in [1.82, 2.24) is 0 Å². The Bertz CT molecular complexity index is 271. The molecule has 84 valence electrons. The minimum absolute atomic E-state index is 0.116. The molecule has 0 aromatic heterocycles. The second-order valence-electron chi connectivity index (χ2n) is 3.69. The van der Waals surface area contributed by atoms with Gasteiger partial charge in [0.15, 0.2) is 0 Å². The van der Waals surface area contributed by atoms with Gasteiger partial charge in [-0.2, -0.15) is 0 Å². The van der Waals surface area contributed by atoms with E-state index >= 15 is 0 Å². The van der Waals surface area contributed by atoms with Gasteiger partial charge in [0.05, 0.1) is 13.2 Å². The van der Waals surface area contributed by atoms with Crippen molar-refractivity contribution < 1.29 is 9.84 Å². The summed E-state index contributed by atoms with van der Waals surface area (Å²) in [5.74, 6) is 0. The Morgan fingerprint density at radius 2 is 2.00 bits per heavy atom. The summed E-state index contributed by atoms with van der Waals surface area (Å²) in [6.45, 7) is 3.91. The van der Waals surface area contributed by atoms with Gasteiger partial charge in [-0.25, -0.2) is 0 Å². The predicted octanol–water partition coefficient (Wildman–Crippen LogP) is 2.54. The highest BCUT2D eigenvalue weighted by Gasteiger charge is 1.95. The summed E-state index contributed by atoms with van der Waals surface area (Å²) >= 11 is 0. The number of aliphatic hydroxyl groups is 1. The van der Waals surface area contributed by atoms with E-state index in [9.17, 15) is 0 Å². The van der Waals surface area contributed by atoms with Gasteiger partial charge >= 0.3 is 0 Å². The minimum Gasteiger partial charge on any atom is -0.392 e. The largest absolute Gasteiger partial charge is 0.392 e. The smallest absolute Gasteiger partial charge is 0.0681 e. The lowest BCUT2D eigenvalue weighted by Crippen LogP contribution is -2.00. The lowest BCUT2D eigenvalue weighted by Gasteiger charge is -2.04. The Kier molecular flexibility index (Phi) is 6.05. The molecule has 0 unspecified atom stereocenters. The zero-order chi connectivity index (χ0) is 10.9. The summed E-state index contributed by atoms with van der Waals surface area (Å²) < 4.78 is 5.49. The van der Waals surface area contributed by atoms with Crippen molar-refractivity contribution in [3.05, 3.63) is 35.4 Å². The molecule has 0 saturated heterocycles. The van der Waals surface area contributed by atoms with Gasteiger partial charge in [0, 0.05) is 6.61 Å². The molecule has 0 amide bonds. The molecule has 0 aliphatic rings. The van der Waals surface area contributed by atoms with E-state index < -0.39 is 0 Å². The van der Waals surface area contributed by atoms with Gasteiger partial charge in [0.25, 0.3) is 0 Å². The Morgan fingerprint density at radius 1 is 1.20 bits per heavy atom. The van der Waals surface area contributed by atoms with Gasteiger partial charge in [-0.15, -0.1) is 0 Å². The first-order chi connectivity index (χ1) is 7.36. The summed E-state index contributed by atoms with van der Waals surface area (Å²) in [4.78, 5) is 0. The average Bonchev–Trinajstić information content (AvgIpc) is 2.29. The third-order valence-electron chi connectivity index (χ3n) is 2.35. The molecule has 2 nitrogen and oxygen atoms in total. The van der Waals surface area contributed by atoms with Crippen LogP contribution in [-0.4, -0.2) is 18.3 Å². The average molecular weight is 208 g/mol. The molecule has 15 heavy (non-hydrogen) atoms. The molecule has 0 saturated carbocycles. The quantitative estimate of drug-likeness (QED) is 0.698. The Balaban J connectivity index is 2.24. The van der Waals surface area contributed by atoms with E-state index in [2.05, 4.69) is 13.0 Å². The SMILES string of the molecule is CCCCOCCc1cccc(CO)c1. The maximum atomic E-state index is 8.97. The van der Waals surface area contributed by atoms with E-state index in [0.29, 0.717) is 0 Å². The Morgan fingerprint density at radius 3 is 2.73 bits per heavy atom. The standard InChI is InChI=1S/C13H20O2/c1-2-3-8-15-9-7-12-5-4-6-13(10-12)11-14/h4-6,10,14H,2-3,7-9,11H2,1H3. The van der Waals surface area contributed by atoms with E-state index in [4.69, 9.17) is 9.84 Å². The van der Waals surface area contributed by atoms with Crippen molar-refractivity contribution in [3.63, 3.8) is 0 Å². The van der Waals surface area contributed by atoms with Crippen LogP contribution in [0, 0.1) is 0 Å². The van der Waals surface area contributed by atoms with Crippen LogP contribution in [0.1, 0.15) is 30.9 Å². The molecular weight excluding hydrogens is 188 g/mol. The molecule has 0 spiro atoms. The molecule has 2 heteroatoms. The van der Waals surface area contributed by atoms with Crippen molar-refractivity contribution in [2.75, 3.05) is 13.2 Å². The fourth-order valence-corrected chi connectivity index (χ4v) is 1.42. The Hall–Kier alpha value is -0.860. The molecule has 0 atom stereocenters. The molecule has 0 fully saturated rings. The van der Waals surface area contributed by atoms with Crippen LogP contribution < -0.4 is 0 Å². The minimum atomic E-state index is 0.116. The number of aliphatic hydroxyl groups excluding tert-OH is 1. The predicted molar refractivity (Wildman–Crippen MR) is 61.8 cm³/mol. The number of hydrogen-bond acceptors (Lipinski definition) is 2. The summed E-state index contributed by atoms with van der Waals surface area (Å²) in [7, 11) is 0. The fourth-order valence-electron chi connectivity index (χ4n) is 1.42. The van der Waals surface area contributed by atoms with Crippen molar-refractivity contribution in [1.29, 1.82) is 0 Å². The van der Waals surface area contributed by atoms with Gasteiger partial charge in [0.2, 0.25) is 0 Å². The van der Waals surface area contributed by atoms with Gasteiger partial charge < -0.3 is 9.84 Å². The third kappa shape index (κ3) is 4.96. The van der Waals surface area contributed by atoms with Gasteiger partial charge in [-0.3, -0.25) is 0 Å². The van der Waals surface area contributed by atoms with Crippen LogP contribution in [0.5, 0.6) is 0 Å². The Labute approximate surface area is 91.9 Å². The van der Waals surface area contributed by atoms with Crippen molar-refractivity contribution >= 4 is 0 Å². The first-order valence-electron chi connectivity index (χ1n) is 5.63. The molecule has 0 bridgehead atoms. The van der Waals surface area contributed by atoms with Gasteiger partial charge in [-0.1, -0.05) is 37.6 Å². The third-order valence-corrected chi connectivity index (χ3v) is 2.35. The molecule has 1 aromatic rings. The zero-order valence-electron chi connectivity index (χ0n) is 9.41. The van der Waals surface area contributed by atoms with Crippen LogP contribution in [0.4, 0.5) is 0 Å². The fraction of sp³-hybridized carbons (Fsp3) is 0.538. The van der Waals surface area contributed by atoms with Crippen molar-refractivity contribution in [2.24, 2.45) is 0 Å². The van der Waals surface area contributed by atoms with E-state index in [0.717, 1.165) is 31.6 Å². The number of ether oxygens (including phenoxy) is 1.